The van der Waals surface area contributed by atoms with Crippen molar-refractivity contribution in [1.82, 2.24) is 0 Å². The minimum atomic E-state index is 0.767. The first-order valence-electron chi connectivity index (χ1n) is 5.08. The number of para-hydroxylation sites is 1. The summed E-state index contributed by atoms with van der Waals surface area (Å²) >= 11 is 0. The van der Waals surface area contributed by atoms with Crippen LogP contribution in [0.2, 0.25) is 0 Å². The van der Waals surface area contributed by atoms with Crippen LogP contribution >= 0.6 is 0 Å². The van der Waals surface area contributed by atoms with E-state index < -0.39 is 0 Å². The number of nitrogens with zero attached hydrogens (tertiary/aromatic N) is 1. The Labute approximate surface area is 90.3 Å². The molecule has 0 bridgehead atoms. The maximum Gasteiger partial charge on any atom is 0.144 e. The standard InChI is InChI=1S/C11H9NO.C2H6/c1-2-5-10(6-3-1)12-9-11-7-4-8-13-11;1-2/h1-9H;1-2H3. The van der Waals surface area contributed by atoms with Gasteiger partial charge in [-0.2, -0.15) is 0 Å². The minimum Gasteiger partial charge on any atom is -0.463 e. The molecule has 1 aromatic carbocycles. The van der Waals surface area contributed by atoms with Gasteiger partial charge in [0.05, 0.1) is 18.2 Å². The molecule has 0 radical (unpaired) electrons. The van der Waals surface area contributed by atoms with Crippen LogP contribution in [0.5, 0.6) is 0 Å². The summed E-state index contributed by atoms with van der Waals surface area (Å²) in [6.07, 6.45) is 3.34. The normalized spacial score (nSPS) is 9.73. The van der Waals surface area contributed by atoms with Gasteiger partial charge in [0.2, 0.25) is 0 Å². The van der Waals surface area contributed by atoms with Crippen LogP contribution in [-0.2, 0) is 0 Å². The molecule has 78 valence electrons. The van der Waals surface area contributed by atoms with E-state index >= 15 is 0 Å². The van der Waals surface area contributed by atoms with E-state index in [1.54, 1.807) is 12.5 Å². The van der Waals surface area contributed by atoms with Gasteiger partial charge in [-0.25, -0.2) is 0 Å². The van der Waals surface area contributed by atoms with Gasteiger partial charge >= 0.3 is 0 Å². The Morgan fingerprint density at radius 3 is 2.33 bits per heavy atom. The lowest BCUT2D eigenvalue weighted by molar-refractivity contribution is 0.560. The fourth-order valence-corrected chi connectivity index (χ4v) is 1.02. The van der Waals surface area contributed by atoms with Gasteiger partial charge < -0.3 is 4.42 Å². The molecule has 1 heterocycles. The SMILES string of the molecule is C(=Nc1ccccc1)c1ccco1.CC. The van der Waals surface area contributed by atoms with E-state index in [1.165, 1.54) is 0 Å². The summed E-state index contributed by atoms with van der Waals surface area (Å²) in [6.45, 7) is 4.00. The van der Waals surface area contributed by atoms with E-state index in [2.05, 4.69) is 4.99 Å². The van der Waals surface area contributed by atoms with Crippen molar-refractivity contribution < 1.29 is 4.42 Å². The summed E-state index contributed by atoms with van der Waals surface area (Å²) in [4.78, 5) is 4.23. The number of rotatable bonds is 2. The van der Waals surface area contributed by atoms with Crippen LogP contribution in [0.3, 0.4) is 0 Å². The molecule has 0 atom stereocenters. The lowest BCUT2D eigenvalue weighted by Crippen LogP contribution is -1.72. The molecule has 0 saturated heterocycles. The van der Waals surface area contributed by atoms with Gasteiger partial charge in [0.25, 0.3) is 0 Å². The average molecular weight is 201 g/mol. The van der Waals surface area contributed by atoms with E-state index in [4.69, 9.17) is 4.42 Å². The van der Waals surface area contributed by atoms with Crippen molar-refractivity contribution in [2.75, 3.05) is 0 Å². The van der Waals surface area contributed by atoms with Crippen LogP contribution in [0, 0.1) is 0 Å². The monoisotopic (exact) mass is 201 g/mol. The van der Waals surface area contributed by atoms with Crippen LogP contribution in [-0.4, -0.2) is 6.21 Å². The lowest BCUT2D eigenvalue weighted by Gasteiger charge is -1.89. The predicted octanol–water partition coefficient (Wildman–Crippen LogP) is 4.06. The number of furan rings is 1. The molecular weight excluding hydrogens is 186 g/mol. The molecule has 2 nitrogen and oxygen atoms in total. The second-order valence-electron chi connectivity index (χ2n) is 2.61. The third kappa shape index (κ3) is 3.81. The van der Waals surface area contributed by atoms with Crippen molar-refractivity contribution >= 4 is 11.9 Å². The molecule has 0 aliphatic heterocycles. The van der Waals surface area contributed by atoms with E-state index in [0.717, 1.165) is 11.4 Å². The van der Waals surface area contributed by atoms with Gasteiger partial charge in [0, 0.05) is 0 Å². The highest BCUT2D eigenvalue weighted by Crippen LogP contribution is 2.09. The molecule has 1 aromatic heterocycles. The zero-order chi connectivity index (χ0) is 10.9. The summed E-state index contributed by atoms with van der Waals surface area (Å²) in [5.41, 5.74) is 0.930. The van der Waals surface area contributed by atoms with Gasteiger partial charge in [-0.15, -0.1) is 0 Å². The first-order valence-corrected chi connectivity index (χ1v) is 5.08. The molecular formula is C13H15NO. The fraction of sp³-hybridized carbons (Fsp3) is 0.154. The molecule has 0 aliphatic rings. The Hall–Kier alpha value is -1.83. The van der Waals surface area contributed by atoms with Crippen molar-refractivity contribution in [3.63, 3.8) is 0 Å². The smallest absolute Gasteiger partial charge is 0.144 e. The maximum absolute atomic E-state index is 5.11. The minimum absolute atomic E-state index is 0.767. The molecule has 2 rings (SSSR count). The van der Waals surface area contributed by atoms with Crippen LogP contribution in [0.1, 0.15) is 19.6 Å². The molecule has 2 aromatic rings. The molecule has 0 aliphatic carbocycles. The number of hydrogen-bond acceptors (Lipinski definition) is 2. The Kier molecular flexibility index (Phi) is 4.95. The van der Waals surface area contributed by atoms with E-state index in [0.29, 0.717) is 0 Å². The van der Waals surface area contributed by atoms with Crippen LogP contribution in [0.15, 0.2) is 58.1 Å². The van der Waals surface area contributed by atoms with Gasteiger partial charge in [-0.3, -0.25) is 4.99 Å². The van der Waals surface area contributed by atoms with Gasteiger partial charge in [0.15, 0.2) is 0 Å². The zero-order valence-electron chi connectivity index (χ0n) is 9.05. The van der Waals surface area contributed by atoms with Crippen LogP contribution in [0.4, 0.5) is 5.69 Å². The summed E-state index contributed by atoms with van der Waals surface area (Å²) in [7, 11) is 0. The molecule has 0 N–H and O–H groups in total. The molecule has 0 unspecified atom stereocenters. The Morgan fingerprint density at radius 1 is 1.00 bits per heavy atom. The quantitative estimate of drug-likeness (QED) is 0.673. The highest BCUT2D eigenvalue weighted by molar-refractivity contribution is 5.78. The largest absolute Gasteiger partial charge is 0.463 e. The van der Waals surface area contributed by atoms with Crippen molar-refractivity contribution in [3.05, 3.63) is 54.5 Å². The summed E-state index contributed by atoms with van der Waals surface area (Å²) in [5, 5.41) is 0. The predicted molar refractivity (Wildman–Crippen MR) is 63.8 cm³/mol. The molecule has 0 fully saturated rings. The van der Waals surface area contributed by atoms with Crippen molar-refractivity contribution in [2.24, 2.45) is 4.99 Å². The number of benzene rings is 1. The molecule has 2 heteroatoms. The van der Waals surface area contributed by atoms with Crippen LogP contribution in [0.25, 0.3) is 0 Å². The average Bonchev–Trinajstić information content (AvgIpc) is 2.83. The Balaban J connectivity index is 0.000000531. The Morgan fingerprint density at radius 2 is 1.73 bits per heavy atom. The van der Waals surface area contributed by atoms with Crippen LogP contribution < -0.4 is 0 Å². The van der Waals surface area contributed by atoms with Gasteiger partial charge in [-0.05, 0) is 24.3 Å². The highest BCUT2D eigenvalue weighted by atomic mass is 16.3. The van der Waals surface area contributed by atoms with E-state index in [-0.39, 0.29) is 0 Å². The molecule has 15 heavy (non-hydrogen) atoms. The lowest BCUT2D eigenvalue weighted by atomic mass is 10.3. The second kappa shape index (κ2) is 6.60. The summed E-state index contributed by atoms with van der Waals surface area (Å²) in [5.74, 6) is 0.767. The Bertz CT molecular complexity index is 376. The van der Waals surface area contributed by atoms with Crippen molar-refractivity contribution in [3.8, 4) is 0 Å². The number of hydrogen-bond donors (Lipinski definition) is 0. The van der Waals surface area contributed by atoms with Crippen molar-refractivity contribution in [2.45, 2.75) is 13.8 Å². The first-order chi connectivity index (χ1) is 7.45. The first kappa shape index (κ1) is 11.2. The second-order valence-corrected chi connectivity index (χ2v) is 2.61. The molecule has 0 amide bonds. The highest BCUT2D eigenvalue weighted by Gasteiger charge is 1.88. The molecule has 0 saturated carbocycles. The summed E-state index contributed by atoms with van der Waals surface area (Å²) < 4.78 is 5.11. The van der Waals surface area contributed by atoms with E-state index in [9.17, 15) is 0 Å². The third-order valence-electron chi connectivity index (χ3n) is 1.64. The topological polar surface area (TPSA) is 25.5 Å². The van der Waals surface area contributed by atoms with Gasteiger partial charge in [-0.1, -0.05) is 32.0 Å². The maximum atomic E-state index is 5.11. The van der Waals surface area contributed by atoms with Gasteiger partial charge in [0.1, 0.15) is 5.76 Å². The summed E-state index contributed by atoms with van der Waals surface area (Å²) in [6, 6.07) is 13.5. The molecule has 0 spiro atoms. The van der Waals surface area contributed by atoms with E-state index in [1.807, 2.05) is 56.3 Å². The van der Waals surface area contributed by atoms with Crippen molar-refractivity contribution in [1.29, 1.82) is 0 Å². The fourth-order valence-electron chi connectivity index (χ4n) is 1.02. The number of aliphatic imine (C=N–C) groups is 1. The zero-order valence-corrected chi connectivity index (χ0v) is 9.05. The third-order valence-corrected chi connectivity index (χ3v) is 1.64.